The van der Waals surface area contributed by atoms with E-state index in [1.807, 2.05) is 6.92 Å². The molecule has 1 aromatic carbocycles. The van der Waals surface area contributed by atoms with Crippen molar-refractivity contribution in [3.63, 3.8) is 0 Å². The van der Waals surface area contributed by atoms with E-state index >= 15 is 0 Å². The largest absolute Gasteiger partial charge is 0.504 e. The molecule has 2 N–H and O–H groups in total. The second-order valence-electron chi connectivity index (χ2n) is 4.94. The van der Waals surface area contributed by atoms with Crippen molar-refractivity contribution in [2.24, 2.45) is 0 Å². The average molecular weight is 334 g/mol. The third kappa shape index (κ3) is 4.07. The number of aliphatic carboxylic acids is 1. The van der Waals surface area contributed by atoms with E-state index in [1.165, 1.54) is 6.26 Å². The Kier molecular flexibility index (Phi) is 5.83. The highest BCUT2D eigenvalue weighted by Gasteiger charge is 2.17. The smallest absolute Gasteiger partial charge is 0.383 e. The van der Waals surface area contributed by atoms with E-state index in [9.17, 15) is 14.7 Å². The Morgan fingerprint density at radius 2 is 2.17 bits per heavy atom. The van der Waals surface area contributed by atoms with Crippen LogP contribution in [0.15, 0.2) is 39.7 Å². The summed E-state index contributed by atoms with van der Waals surface area (Å²) >= 11 is 0. The summed E-state index contributed by atoms with van der Waals surface area (Å²) in [7, 11) is 0. The zero-order valence-corrected chi connectivity index (χ0v) is 13.2. The molecule has 0 bridgehead atoms. The summed E-state index contributed by atoms with van der Waals surface area (Å²) in [4.78, 5) is 22.5. The summed E-state index contributed by atoms with van der Waals surface area (Å²) < 4.78 is 15.8. The number of para-hydroxylation sites is 1. The molecule has 0 aliphatic heterocycles. The molecule has 0 saturated carbocycles. The molecule has 128 valence electrons. The van der Waals surface area contributed by atoms with Crippen LogP contribution >= 0.6 is 0 Å². The first-order valence-electron chi connectivity index (χ1n) is 7.49. The molecule has 7 nitrogen and oxygen atoms in total. The van der Waals surface area contributed by atoms with Gasteiger partial charge in [-0.3, -0.25) is 4.79 Å². The van der Waals surface area contributed by atoms with Gasteiger partial charge in [-0.25, -0.2) is 4.79 Å². The van der Waals surface area contributed by atoms with Crippen LogP contribution in [-0.2, 0) is 4.79 Å². The minimum atomic E-state index is -0.914. The lowest BCUT2D eigenvalue weighted by Gasteiger charge is -2.10. The van der Waals surface area contributed by atoms with Gasteiger partial charge in [0.1, 0.15) is 0 Å². The van der Waals surface area contributed by atoms with E-state index in [2.05, 4.69) is 0 Å². The van der Waals surface area contributed by atoms with Crippen LogP contribution in [0.1, 0.15) is 26.2 Å². The Labute approximate surface area is 137 Å². The van der Waals surface area contributed by atoms with Crippen molar-refractivity contribution in [1.82, 2.24) is 0 Å². The molecule has 0 spiro atoms. The first kappa shape index (κ1) is 17.4. The number of benzene rings is 1. The summed E-state index contributed by atoms with van der Waals surface area (Å²) in [5, 5.41) is 19.1. The van der Waals surface area contributed by atoms with Gasteiger partial charge in [0.15, 0.2) is 17.1 Å². The van der Waals surface area contributed by atoms with E-state index in [1.54, 1.807) is 24.3 Å². The summed E-state index contributed by atoms with van der Waals surface area (Å²) in [5.41, 5.74) is -0.746. The molecule has 2 aromatic rings. The average Bonchev–Trinajstić information content (AvgIpc) is 2.55. The molecule has 24 heavy (non-hydrogen) atoms. The van der Waals surface area contributed by atoms with Crippen LogP contribution in [0.25, 0.3) is 11.0 Å². The number of fused-ring (bicyclic) bond motifs is 1. The monoisotopic (exact) mass is 334 g/mol. The molecule has 7 heteroatoms. The van der Waals surface area contributed by atoms with Gasteiger partial charge >= 0.3 is 11.6 Å². The standard InChI is InChI=1S/C17H18O7/c1-2-3-9-23-16-14(20)11-6-4-7-12(15(11)24-17(16)21)22-10-5-8-13(18)19/h3-4,6-7,9,20H,2,5,8,10H2,1H3,(H,18,19). The summed E-state index contributed by atoms with van der Waals surface area (Å²) in [6.45, 7) is 2.05. The van der Waals surface area contributed by atoms with Crippen LogP contribution in [-0.4, -0.2) is 22.8 Å². The van der Waals surface area contributed by atoms with Crippen molar-refractivity contribution >= 4 is 16.9 Å². The minimum absolute atomic E-state index is 0.0261. The van der Waals surface area contributed by atoms with Crippen LogP contribution < -0.4 is 15.1 Å². The summed E-state index contributed by atoms with van der Waals surface area (Å²) in [6.07, 6.45) is 4.00. The zero-order valence-electron chi connectivity index (χ0n) is 13.2. The number of ether oxygens (including phenoxy) is 2. The number of carboxylic acid groups (broad SMARTS) is 1. The maximum absolute atomic E-state index is 12.0. The van der Waals surface area contributed by atoms with Crippen molar-refractivity contribution in [1.29, 1.82) is 0 Å². The molecule has 0 saturated heterocycles. The van der Waals surface area contributed by atoms with Gasteiger partial charge in [0.25, 0.3) is 5.75 Å². The molecule has 2 rings (SSSR count). The van der Waals surface area contributed by atoms with E-state index in [4.69, 9.17) is 19.0 Å². The van der Waals surface area contributed by atoms with Crippen LogP contribution in [0.5, 0.6) is 17.2 Å². The maximum atomic E-state index is 12.0. The molecule has 1 heterocycles. The number of allylic oxidation sites excluding steroid dienone is 1. The van der Waals surface area contributed by atoms with Gasteiger partial charge in [0, 0.05) is 6.42 Å². The lowest BCUT2D eigenvalue weighted by atomic mass is 10.2. The van der Waals surface area contributed by atoms with Crippen LogP contribution in [0.3, 0.4) is 0 Å². The van der Waals surface area contributed by atoms with Gasteiger partial charge in [-0.15, -0.1) is 0 Å². The van der Waals surface area contributed by atoms with E-state index in [0.717, 1.165) is 0 Å². The number of carbonyl (C=O) groups is 1. The second kappa shape index (κ2) is 8.05. The van der Waals surface area contributed by atoms with Crippen LogP contribution in [0.4, 0.5) is 0 Å². The maximum Gasteiger partial charge on any atom is 0.383 e. The van der Waals surface area contributed by atoms with Crippen molar-refractivity contribution < 1.29 is 28.9 Å². The third-order valence-corrected chi connectivity index (χ3v) is 3.14. The predicted molar refractivity (Wildman–Crippen MR) is 86.6 cm³/mol. The Hall–Kier alpha value is -2.96. The Bertz CT molecular complexity index is 804. The molecular formula is C17H18O7. The minimum Gasteiger partial charge on any atom is -0.504 e. The molecule has 0 radical (unpaired) electrons. The highest BCUT2D eigenvalue weighted by Crippen LogP contribution is 2.35. The lowest BCUT2D eigenvalue weighted by Crippen LogP contribution is -2.06. The molecular weight excluding hydrogens is 316 g/mol. The van der Waals surface area contributed by atoms with Gasteiger partial charge < -0.3 is 24.1 Å². The highest BCUT2D eigenvalue weighted by molar-refractivity contribution is 5.89. The van der Waals surface area contributed by atoms with Gasteiger partial charge in [-0.05, 0) is 31.1 Å². The van der Waals surface area contributed by atoms with Gasteiger partial charge in [0.05, 0.1) is 18.3 Å². The fourth-order valence-electron chi connectivity index (χ4n) is 2.00. The molecule has 0 aliphatic rings. The van der Waals surface area contributed by atoms with Gasteiger partial charge in [-0.2, -0.15) is 0 Å². The van der Waals surface area contributed by atoms with Crippen molar-refractivity contribution in [3.05, 3.63) is 41.0 Å². The predicted octanol–water partition coefficient (Wildman–Crippen LogP) is 3.04. The van der Waals surface area contributed by atoms with E-state index in [0.29, 0.717) is 12.8 Å². The molecule has 0 fully saturated rings. The number of rotatable bonds is 8. The Balaban J connectivity index is 2.31. The van der Waals surface area contributed by atoms with Crippen molar-refractivity contribution in [2.75, 3.05) is 6.61 Å². The molecule has 0 unspecified atom stereocenters. The summed E-state index contributed by atoms with van der Waals surface area (Å²) in [5.74, 6) is -1.29. The number of hydrogen-bond donors (Lipinski definition) is 2. The second-order valence-corrected chi connectivity index (χ2v) is 4.94. The number of hydrogen-bond acceptors (Lipinski definition) is 6. The topological polar surface area (TPSA) is 106 Å². The van der Waals surface area contributed by atoms with Gasteiger partial charge in [-0.1, -0.05) is 13.0 Å². The Morgan fingerprint density at radius 3 is 2.88 bits per heavy atom. The van der Waals surface area contributed by atoms with E-state index in [-0.39, 0.29) is 41.2 Å². The fourth-order valence-corrected chi connectivity index (χ4v) is 2.00. The van der Waals surface area contributed by atoms with Gasteiger partial charge in [0.2, 0.25) is 0 Å². The SMILES string of the molecule is CCC=COc1c(O)c2cccc(OCCCC(=O)O)c2oc1=O. The highest BCUT2D eigenvalue weighted by atomic mass is 16.5. The molecule has 0 aliphatic carbocycles. The van der Waals surface area contributed by atoms with Crippen LogP contribution in [0.2, 0.25) is 0 Å². The van der Waals surface area contributed by atoms with E-state index < -0.39 is 11.6 Å². The summed E-state index contributed by atoms with van der Waals surface area (Å²) in [6, 6.07) is 4.76. The van der Waals surface area contributed by atoms with Crippen molar-refractivity contribution in [3.8, 4) is 17.2 Å². The fraction of sp³-hybridized carbons (Fsp3) is 0.294. The lowest BCUT2D eigenvalue weighted by molar-refractivity contribution is -0.137. The Morgan fingerprint density at radius 1 is 1.38 bits per heavy atom. The molecule has 0 atom stereocenters. The first-order chi connectivity index (χ1) is 11.5. The first-order valence-corrected chi connectivity index (χ1v) is 7.49. The third-order valence-electron chi connectivity index (χ3n) is 3.14. The molecule has 1 aromatic heterocycles. The normalized spacial score (nSPS) is 11.0. The quantitative estimate of drug-likeness (QED) is 0.434. The van der Waals surface area contributed by atoms with Crippen LogP contribution in [0, 0.1) is 0 Å². The van der Waals surface area contributed by atoms with Crippen molar-refractivity contribution in [2.45, 2.75) is 26.2 Å². The number of aromatic hydroxyl groups is 1. The zero-order chi connectivity index (χ0) is 17.5. The number of carboxylic acids is 1. The molecule has 0 amide bonds.